The lowest BCUT2D eigenvalue weighted by molar-refractivity contribution is 0.187. The summed E-state index contributed by atoms with van der Waals surface area (Å²) in [6, 6.07) is 13.0. The molecular formula is C31H34N10. The number of nitrogens with one attached hydrogen (secondary N) is 1. The van der Waals surface area contributed by atoms with Crippen LogP contribution < -0.4 is 15.5 Å². The van der Waals surface area contributed by atoms with E-state index in [1.165, 1.54) is 11.1 Å². The van der Waals surface area contributed by atoms with Crippen molar-refractivity contribution < 1.29 is 0 Å². The van der Waals surface area contributed by atoms with Crippen LogP contribution in [0.15, 0.2) is 48.8 Å². The molecule has 1 saturated heterocycles. The predicted octanol–water partition coefficient (Wildman–Crippen LogP) is 4.38. The maximum atomic E-state index is 6.82. The molecule has 208 valence electrons. The first-order chi connectivity index (χ1) is 20.0. The van der Waals surface area contributed by atoms with Crippen molar-refractivity contribution in [3.8, 4) is 11.3 Å². The lowest BCUT2D eigenvalue weighted by atomic mass is 9.73. The number of hydrogen-bond donors (Lipinski definition) is 2. The zero-order valence-corrected chi connectivity index (χ0v) is 23.5. The molecule has 3 aliphatic rings. The number of benzene rings is 1. The molecule has 10 nitrogen and oxygen atoms in total. The van der Waals surface area contributed by atoms with E-state index in [9.17, 15) is 0 Å². The number of hydrogen-bond acceptors (Lipinski definition) is 8. The quantitative estimate of drug-likeness (QED) is 0.342. The average molecular weight is 547 g/mol. The lowest BCUT2D eigenvalue weighted by Crippen LogP contribution is -2.44. The van der Waals surface area contributed by atoms with Crippen molar-refractivity contribution in [2.75, 3.05) is 29.4 Å². The Labute approximate surface area is 238 Å². The molecule has 1 aliphatic carbocycles. The van der Waals surface area contributed by atoms with Gasteiger partial charge in [-0.1, -0.05) is 24.3 Å². The summed E-state index contributed by atoms with van der Waals surface area (Å²) in [4.78, 5) is 19.7. The number of piperidine rings is 1. The van der Waals surface area contributed by atoms with E-state index in [0.29, 0.717) is 0 Å². The molecule has 1 atom stereocenters. The van der Waals surface area contributed by atoms with Gasteiger partial charge in [-0.25, -0.2) is 9.97 Å². The van der Waals surface area contributed by atoms with Crippen molar-refractivity contribution >= 4 is 28.5 Å². The van der Waals surface area contributed by atoms with Gasteiger partial charge in [-0.3, -0.25) is 14.8 Å². The number of rotatable bonds is 3. The van der Waals surface area contributed by atoms with Crippen LogP contribution >= 0.6 is 0 Å². The van der Waals surface area contributed by atoms with Crippen LogP contribution in [0.5, 0.6) is 0 Å². The number of nitrogens with two attached hydrogens (primary N) is 1. The molecule has 6 heterocycles. The summed E-state index contributed by atoms with van der Waals surface area (Å²) in [5.41, 5.74) is 16.3. The van der Waals surface area contributed by atoms with Gasteiger partial charge in [-0.2, -0.15) is 10.2 Å². The summed E-state index contributed by atoms with van der Waals surface area (Å²) in [5.74, 6) is 1.75. The fraction of sp³-hybridized carbons (Fsp3) is 0.387. The Morgan fingerprint density at radius 2 is 1.85 bits per heavy atom. The van der Waals surface area contributed by atoms with Crippen molar-refractivity contribution in [2.45, 2.75) is 45.1 Å². The summed E-state index contributed by atoms with van der Waals surface area (Å²) in [7, 11) is 1.92. The normalized spacial score (nSPS) is 19.6. The molecule has 1 aromatic carbocycles. The van der Waals surface area contributed by atoms with Gasteiger partial charge in [0, 0.05) is 44.5 Å². The van der Waals surface area contributed by atoms with E-state index in [1.54, 1.807) is 4.68 Å². The number of H-pyrrole nitrogens is 1. The van der Waals surface area contributed by atoms with Gasteiger partial charge >= 0.3 is 0 Å². The van der Waals surface area contributed by atoms with Gasteiger partial charge in [0.05, 0.1) is 29.0 Å². The highest BCUT2D eigenvalue weighted by Crippen LogP contribution is 2.51. The SMILES string of the molecule is Cc1nc2c(N3CCCc4nc(-c5cnn(C)c5)ccc43)n[nH]c2nc1N1CCC2(CC1)Cc1ccccc1[C@H]2N. The first kappa shape index (κ1) is 24.5. The number of aryl methyl sites for hydroxylation is 3. The predicted molar refractivity (Wildman–Crippen MR) is 159 cm³/mol. The third kappa shape index (κ3) is 3.84. The van der Waals surface area contributed by atoms with Gasteiger partial charge in [0.2, 0.25) is 0 Å². The first-order valence-corrected chi connectivity index (χ1v) is 14.6. The molecule has 41 heavy (non-hydrogen) atoms. The van der Waals surface area contributed by atoms with Crippen LogP contribution in [0.25, 0.3) is 22.4 Å². The van der Waals surface area contributed by atoms with Crippen molar-refractivity contribution in [1.82, 2.24) is 34.9 Å². The van der Waals surface area contributed by atoms with Gasteiger partial charge in [0.15, 0.2) is 22.8 Å². The molecule has 0 amide bonds. The number of aromatic amines is 1. The highest BCUT2D eigenvalue weighted by molar-refractivity contribution is 5.88. The summed E-state index contributed by atoms with van der Waals surface area (Å²) in [6.45, 7) is 4.77. The van der Waals surface area contributed by atoms with E-state index in [-0.39, 0.29) is 11.5 Å². The molecular weight excluding hydrogens is 512 g/mol. The second-order valence-electron chi connectivity index (χ2n) is 11.9. The van der Waals surface area contributed by atoms with Crippen molar-refractivity contribution in [2.24, 2.45) is 18.2 Å². The Morgan fingerprint density at radius 3 is 2.66 bits per heavy atom. The summed E-state index contributed by atoms with van der Waals surface area (Å²) < 4.78 is 1.80. The molecule has 10 heteroatoms. The van der Waals surface area contributed by atoms with E-state index in [0.717, 1.165) is 103 Å². The topological polar surface area (TPSA) is 118 Å². The third-order valence-corrected chi connectivity index (χ3v) is 9.47. The van der Waals surface area contributed by atoms with Crippen LogP contribution in [0.4, 0.5) is 17.3 Å². The smallest absolute Gasteiger partial charge is 0.183 e. The zero-order chi connectivity index (χ0) is 27.7. The standard InChI is InChI=1S/C31H34N10/c1-19-29(40-14-11-31(12-15-40)16-20-6-3-4-7-22(20)27(31)32)36-28-26(34-19)30(38-37-28)41-13-5-8-24-25(41)10-9-23(35-24)21-17-33-39(2)18-21/h3-4,6-7,9-10,17-18,27H,5,8,11-16,32H2,1-2H3,(H,36,37,38)/t27-/m1/s1. The zero-order valence-electron chi connectivity index (χ0n) is 23.5. The minimum atomic E-state index is 0.105. The molecule has 2 aliphatic heterocycles. The highest BCUT2D eigenvalue weighted by Gasteiger charge is 2.46. The molecule has 1 spiro atoms. The Hall–Kier alpha value is -4.31. The first-order valence-electron chi connectivity index (χ1n) is 14.6. The second-order valence-corrected chi connectivity index (χ2v) is 11.9. The number of pyridine rings is 1. The van der Waals surface area contributed by atoms with Crippen molar-refractivity contribution in [1.29, 1.82) is 0 Å². The Balaban J connectivity index is 1.06. The molecule has 1 fully saturated rings. The molecule has 3 N–H and O–H groups in total. The molecule has 4 aromatic heterocycles. The van der Waals surface area contributed by atoms with Gasteiger partial charge < -0.3 is 15.5 Å². The summed E-state index contributed by atoms with van der Waals surface area (Å²) in [5, 5.41) is 12.2. The number of nitrogens with zero attached hydrogens (tertiary/aromatic N) is 8. The fourth-order valence-electron chi connectivity index (χ4n) is 7.24. The van der Waals surface area contributed by atoms with Gasteiger partial charge in [0.1, 0.15) is 0 Å². The maximum Gasteiger partial charge on any atom is 0.183 e. The van der Waals surface area contributed by atoms with Crippen molar-refractivity contribution in [3.05, 3.63) is 71.3 Å². The highest BCUT2D eigenvalue weighted by atomic mass is 15.3. The Morgan fingerprint density at radius 1 is 1.00 bits per heavy atom. The number of aromatic nitrogens is 7. The molecule has 0 bridgehead atoms. The fourth-order valence-corrected chi connectivity index (χ4v) is 7.24. The summed E-state index contributed by atoms with van der Waals surface area (Å²) in [6.07, 6.45) is 8.95. The third-order valence-electron chi connectivity index (χ3n) is 9.47. The van der Waals surface area contributed by atoms with Crippen LogP contribution in [-0.2, 0) is 19.9 Å². The molecule has 0 unspecified atom stereocenters. The van der Waals surface area contributed by atoms with E-state index in [4.69, 9.17) is 25.8 Å². The minimum absolute atomic E-state index is 0.105. The van der Waals surface area contributed by atoms with E-state index >= 15 is 0 Å². The second kappa shape index (κ2) is 9.10. The monoisotopic (exact) mass is 546 g/mol. The van der Waals surface area contributed by atoms with E-state index in [2.05, 4.69) is 63.3 Å². The van der Waals surface area contributed by atoms with Crippen molar-refractivity contribution in [3.63, 3.8) is 0 Å². The van der Waals surface area contributed by atoms with E-state index < -0.39 is 0 Å². The summed E-state index contributed by atoms with van der Waals surface area (Å²) >= 11 is 0. The van der Waals surface area contributed by atoms with Gasteiger partial charge in [-0.05, 0) is 67.7 Å². The Bertz CT molecular complexity index is 1780. The number of anilines is 3. The molecule has 8 rings (SSSR count). The van der Waals surface area contributed by atoms with Crippen LogP contribution in [0, 0.1) is 12.3 Å². The van der Waals surface area contributed by atoms with Crippen LogP contribution in [0.2, 0.25) is 0 Å². The largest absolute Gasteiger partial charge is 0.355 e. The van der Waals surface area contributed by atoms with Crippen LogP contribution in [-0.4, -0.2) is 54.6 Å². The molecule has 0 radical (unpaired) electrons. The van der Waals surface area contributed by atoms with Gasteiger partial charge in [-0.15, -0.1) is 0 Å². The minimum Gasteiger partial charge on any atom is -0.355 e. The van der Waals surface area contributed by atoms with Crippen LogP contribution in [0.3, 0.4) is 0 Å². The Kier molecular flexibility index (Phi) is 5.44. The van der Waals surface area contributed by atoms with Crippen LogP contribution in [0.1, 0.15) is 47.8 Å². The molecule has 5 aromatic rings. The number of fused-ring (bicyclic) bond motifs is 3. The maximum absolute atomic E-state index is 6.82. The van der Waals surface area contributed by atoms with Gasteiger partial charge in [0.25, 0.3) is 0 Å². The van der Waals surface area contributed by atoms with E-state index in [1.807, 2.05) is 19.4 Å². The molecule has 0 saturated carbocycles. The average Bonchev–Trinajstić information content (AvgIpc) is 3.69. The lowest BCUT2D eigenvalue weighted by Gasteiger charge is -2.42.